The summed E-state index contributed by atoms with van der Waals surface area (Å²) in [6, 6.07) is 0. The van der Waals surface area contributed by atoms with Gasteiger partial charge in [-0.2, -0.15) is 9.29 Å². The Hall–Kier alpha value is -1.94. The number of nitrogens with zero attached hydrogens (tertiary/aromatic N) is 4. The van der Waals surface area contributed by atoms with Gasteiger partial charge in [0.25, 0.3) is 0 Å². The van der Waals surface area contributed by atoms with Crippen LogP contribution in [0, 0.1) is 0 Å². The minimum absolute atomic E-state index is 0.176. The molecule has 0 aromatic carbocycles. The maximum atomic E-state index is 12.3. The van der Waals surface area contributed by atoms with E-state index in [1.807, 2.05) is 0 Å². The Morgan fingerprint density at radius 1 is 1.42 bits per heavy atom. The predicted octanol–water partition coefficient (Wildman–Crippen LogP) is -0.254. The molecule has 1 aromatic heterocycles. The summed E-state index contributed by atoms with van der Waals surface area (Å²) >= 11 is 0. The summed E-state index contributed by atoms with van der Waals surface area (Å²) in [5.74, 6) is 0.445. The molecule has 0 saturated carbocycles. The van der Waals surface area contributed by atoms with Gasteiger partial charge in [-0.15, -0.1) is 0 Å². The third-order valence-electron chi connectivity index (χ3n) is 3.74. The van der Waals surface area contributed by atoms with Crippen LogP contribution in [0.3, 0.4) is 0 Å². The third-order valence-corrected chi connectivity index (χ3v) is 5.00. The monoisotopic (exact) mass is 358 g/mol. The highest BCUT2D eigenvalue weighted by Gasteiger charge is 2.27. The Balaban J connectivity index is 1.94. The van der Waals surface area contributed by atoms with Crippen LogP contribution >= 0.6 is 0 Å². The first-order chi connectivity index (χ1) is 11.3. The summed E-state index contributed by atoms with van der Waals surface area (Å²) in [7, 11) is -0.505. The van der Waals surface area contributed by atoms with Crippen molar-refractivity contribution < 1.29 is 22.7 Å². The fourth-order valence-corrected chi connectivity index (χ4v) is 2.67. The van der Waals surface area contributed by atoms with Crippen molar-refractivity contribution in [3.05, 3.63) is 12.4 Å². The first-order valence-corrected chi connectivity index (χ1v) is 9.36. The smallest absolute Gasteiger partial charge is 0.238 e. The molecule has 1 aliphatic heterocycles. The van der Waals surface area contributed by atoms with Gasteiger partial charge in [0.1, 0.15) is 6.10 Å². The Morgan fingerprint density at radius 2 is 2.12 bits per heavy atom. The first-order valence-electron chi connectivity index (χ1n) is 7.51. The molecule has 0 spiro atoms. The average molecular weight is 358 g/mol. The summed E-state index contributed by atoms with van der Waals surface area (Å²) in [6.45, 7) is 0.792. The molecule has 0 aliphatic carbocycles. The summed E-state index contributed by atoms with van der Waals surface area (Å²) in [5, 5.41) is 0. The molecule has 0 bridgehead atoms. The van der Waals surface area contributed by atoms with Crippen molar-refractivity contribution in [3.8, 4) is 11.8 Å². The van der Waals surface area contributed by atoms with Crippen LogP contribution in [0.5, 0.6) is 11.8 Å². The number of methoxy groups -OCH3 is 1. The topological polar surface area (TPSA) is 102 Å². The molecule has 1 atom stereocenters. The van der Waals surface area contributed by atoms with Crippen LogP contribution in [-0.4, -0.2) is 79.6 Å². The zero-order valence-corrected chi connectivity index (χ0v) is 14.8. The number of carbonyl (C=O) groups excluding carboxylic acids is 1. The second-order valence-electron chi connectivity index (χ2n) is 5.64. The van der Waals surface area contributed by atoms with E-state index in [4.69, 9.17) is 9.47 Å². The molecule has 0 N–H and O–H groups in total. The van der Waals surface area contributed by atoms with E-state index in [-0.39, 0.29) is 18.6 Å². The van der Waals surface area contributed by atoms with E-state index in [9.17, 15) is 13.2 Å². The standard InChI is InChI=1S/C14H22N4O5S/c1-17(24(3,20)21)10-14(19)18-6-4-5-11(9-18)23-13-8-15-7-12(16-13)22-2/h7-8,11H,4-6,9-10H2,1-3H3. The molecule has 1 aromatic rings. The van der Waals surface area contributed by atoms with Crippen molar-refractivity contribution in [2.75, 3.05) is 40.0 Å². The van der Waals surface area contributed by atoms with Crippen LogP contribution in [0.25, 0.3) is 0 Å². The van der Waals surface area contributed by atoms with Crippen LogP contribution < -0.4 is 9.47 Å². The zero-order chi connectivity index (χ0) is 17.7. The number of amides is 1. The molecule has 2 rings (SSSR count). The number of aromatic nitrogens is 2. The van der Waals surface area contributed by atoms with E-state index < -0.39 is 10.0 Å². The molecule has 1 aliphatic rings. The Morgan fingerprint density at radius 3 is 2.79 bits per heavy atom. The quantitative estimate of drug-likeness (QED) is 0.691. The molecule has 1 fully saturated rings. The van der Waals surface area contributed by atoms with Gasteiger partial charge in [0.15, 0.2) is 0 Å². The van der Waals surface area contributed by atoms with Gasteiger partial charge < -0.3 is 14.4 Å². The molecule has 9 nitrogen and oxygen atoms in total. The van der Waals surface area contributed by atoms with Crippen molar-refractivity contribution in [3.63, 3.8) is 0 Å². The van der Waals surface area contributed by atoms with Crippen molar-refractivity contribution in [2.24, 2.45) is 0 Å². The van der Waals surface area contributed by atoms with Crippen molar-refractivity contribution in [2.45, 2.75) is 18.9 Å². The first kappa shape index (κ1) is 18.4. The van der Waals surface area contributed by atoms with Crippen molar-refractivity contribution >= 4 is 15.9 Å². The number of hydrogen-bond donors (Lipinski definition) is 0. The highest BCUT2D eigenvalue weighted by atomic mass is 32.2. The Labute approximate surface area is 141 Å². The lowest BCUT2D eigenvalue weighted by molar-refractivity contribution is -0.133. The maximum Gasteiger partial charge on any atom is 0.238 e. The van der Waals surface area contributed by atoms with Gasteiger partial charge in [-0.25, -0.2) is 8.42 Å². The van der Waals surface area contributed by atoms with Crippen LogP contribution in [0.1, 0.15) is 12.8 Å². The zero-order valence-electron chi connectivity index (χ0n) is 14.0. The minimum atomic E-state index is -3.38. The van der Waals surface area contributed by atoms with Crippen molar-refractivity contribution in [1.29, 1.82) is 0 Å². The van der Waals surface area contributed by atoms with Crippen LogP contribution in [0.4, 0.5) is 0 Å². The van der Waals surface area contributed by atoms with Gasteiger partial charge >= 0.3 is 0 Å². The number of ether oxygens (including phenoxy) is 2. The van der Waals surface area contributed by atoms with Crippen LogP contribution in [0.2, 0.25) is 0 Å². The fraction of sp³-hybridized carbons (Fsp3) is 0.643. The van der Waals surface area contributed by atoms with Gasteiger partial charge in [0.2, 0.25) is 27.7 Å². The number of likely N-dealkylation sites (N-methyl/N-ethyl adjacent to an activating group) is 1. The van der Waals surface area contributed by atoms with E-state index in [1.165, 1.54) is 26.6 Å². The maximum absolute atomic E-state index is 12.3. The average Bonchev–Trinajstić information content (AvgIpc) is 2.54. The third kappa shape index (κ3) is 5.03. The lowest BCUT2D eigenvalue weighted by atomic mass is 10.1. The lowest BCUT2D eigenvalue weighted by Crippen LogP contribution is -2.48. The minimum Gasteiger partial charge on any atom is -0.480 e. The molecular formula is C14H22N4O5S. The van der Waals surface area contributed by atoms with Gasteiger partial charge in [-0.3, -0.25) is 9.78 Å². The van der Waals surface area contributed by atoms with Gasteiger partial charge in [0.05, 0.1) is 38.8 Å². The predicted molar refractivity (Wildman–Crippen MR) is 86.3 cm³/mol. The van der Waals surface area contributed by atoms with Crippen molar-refractivity contribution in [1.82, 2.24) is 19.2 Å². The molecule has 1 amide bonds. The van der Waals surface area contributed by atoms with Crippen LogP contribution in [0.15, 0.2) is 12.4 Å². The fourth-order valence-electron chi connectivity index (χ4n) is 2.33. The Kier molecular flexibility index (Phi) is 5.94. The summed E-state index contributed by atoms with van der Waals surface area (Å²) in [4.78, 5) is 22.0. The number of piperidine rings is 1. The molecular weight excluding hydrogens is 336 g/mol. The molecule has 134 valence electrons. The Bertz CT molecular complexity index is 681. The van der Waals surface area contributed by atoms with E-state index >= 15 is 0 Å². The number of hydrogen-bond acceptors (Lipinski definition) is 7. The molecule has 1 unspecified atom stereocenters. The van der Waals surface area contributed by atoms with E-state index in [0.29, 0.717) is 24.8 Å². The van der Waals surface area contributed by atoms with Gasteiger partial charge in [-0.1, -0.05) is 0 Å². The second kappa shape index (κ2) is 7.75. The number of likely N-dealkylation sites (tertiary alicyclic amines) is 1. The van der Waals surface area contributed by atoms with E-state index in [1.54, 1.807) is 4.90 Å². The highest BCUT2D eigenvalue weighted by molar-refractivity contribution is 7.88. The number of carbonyl (C=O) groups is 1. The summed E-state index contributed by atoms with van der Waals surface area (Å²) < 4.78 is 34.6. The number of rotatable bonds is 6. The lowest BCUT2D eigenvalue weighted by Gasteiger charge is -2.33. The van der Waals surface area contributed by atoms with E-state index in [0.717, 1.165) is 23.4 Å². The SMILES string of the molecule is COc1cncc(OC2CCCN(C(=O)CN(C)S(C)(=O)=O)C2)n1. The normalized spacial score (nSPS) is 18.5. The van der Waals surface area contributed by atoms with Crippen LogP contribution in [-0.2, 0) is 14.8 Å². The summed E-state index contributed by atoms with van der Waals surface area (Å²) in [6.07, 6.45) is 5.38. The molecule has 10 heteroatoms. The number of sulfonamides is 1. The largest absolute Gasteiger partial charge is 0.480 e. The van der Waals surface area contributed by atoms with E-state index in [2.05, 4.69) is 9.97 Å². The van der Waals surface area contributed by atoms with Gasteiger partial charge in [-0.05, 0) is 12.8 Å². The molecule has 0 radical (unpaired) electrons. The highest BCUT2D eigenvalue weighted by Crippen LogP contribution is 2.18. The second-order valence-corrected chi connectivity index (χ2v) is 7.73. The molecule has 24 heavy (non-hydrogen) atoms. The summed E-state index contributed by atoms with van der Waals surface area (Å²) in [5.41, 5.74) is 0. The van der Waals surface area contributed by atoms with Gasteiger partial charge in [0, 0.05) is 13.6 Å². The molecule has 2 heterocycles. The molecule has 1 saturated heterocycles.